The first-order valence-corrected chi connectivity index (χ1v) is 7.57. The summed E-state index contributed by atoms with van der Waals surface area (Å²) >= 11 is 17.8. The van der Waals surface area contributed by atoms with Crippen molar-refractivity contribution in [3.05, 3.63) is 55.7 Å². The first-order chi connectivity index (χ1) is 9.47. The van der Waals surface area contributed by atoms with E-state index in [-0.39, 0.29) is 5.91 Å². The highest BCUT2D eigenvalue weighted by Gasteiger charge is 2.13. The number of hydrogen-bond acceptors (Lipinski definition) is 3. The average molecular weight is 345 g/mol. The van der Waals surface area contributed by atoms with Crippen LogP contribution in [0.2, 0.25) is 8.67 Å². The van der Waals surface area contributed by atoms with E-state index < -0.39 is 0 Å². The molecule has 1 aromatic carbocycles. The van der Waals surface area contributed by atoms with E-state index in [0.717, 1.165) is 22.5 Å². The number of nitrogens with one attached hydrogen (secondary N) is 1. The predicted molar refractivity (Wildman–Crippen MR) is 87.8 cm³/mol. The smallest absolute Gasteiger partial charge is 0.253 e. The van der Waals surface area contributed by atoms with Gasteiger partial charge in [-0.2, -0.15) is 0 Å². The molecule has 0 saturated carbocycles. The molecule has 0 aliphatic rings. The molecule has 0 saturated heterocycles. The number of carbonyl (C=O) groups is 1. The minimum absolute atomic E-state index is 0.265. The van der Waals surface area contributed by atoms with E-state index in [1.165, 1.54) is 0 Å². The van der Waals surface area contributed by atoms with Crippen LogP contribution in [0.15, 0.2) is 30.3 Å². The Bertz CT molecular complexity index is 670. The summed E-state index contributed by atoms with van der Waals surface area (Å²) in [6.45, 7) is 0.360. The lowest BCUT2D eigenvalue weighted by atomic mass is 10.1. The number of benzene rings is 1. The van der Waals surface area contributed by atoms with Gasteiger partial charge in [-0.3, -0.25) is 4.79 Å². The van der Waals surface area contributed by atoms with Crippen LogP contribution >= 0.6 is 46.8 Å². The van der Waals surface area contributed by atoms with Gasteiger partial charge in [0.2, 0.25) is 0 Å². The van der Waals surface area contributed by atoms with E-state index in [4.69, 9.17) is 41.2 Å². The molecule has 0 spiro atoms. The highest BCUT2D eigenvalue weighted by atomic mass is 35.5. The van der Waals surface area contributed by atoms with Gasteiger partial charge >= 0.3 is 0 Å². The lowest BCUT2D eigenvalue weighted by Gasteiger charge is -2.06. The summed E-state index contributed by atoms with van der Waals surface area (Å²) in [5, 5.41) is 2.78. The van der Waals surface area contributed by atoms with Crippen LogP contribution in [0.3, 0.4) is 0 Å². The van der Waals surface area contributed by atoms with E-state index in [9.17, 15) is 4.79 Å². The molecule has 0 bridgehead atoms. The predicted octanol–water partition coefficient (Wildman–Crippen LogP) is 3.62. The highest BCUT2D eigenvalue weighted by molar-refractivity contribution is 7.80. The first kappa shape index (κ1) is 15.3. The molecule has 2 rings (SSSR count). The standard InChI is InChI=1S/C13H10Cl2N2OS2/c14-10-5-9(11(15)20-10)13(18)17-6-7-2-1-3-8(4-7)12(16)19/h1-5H,6H2,(H2,16,19)(H,17,18). The largest absolute Gasteiger partial charge is 0.389 e. The third kappa shape index (κ3) is 3.70. The molecule has 0 fully saturated rings. The van der Waals surface area contributed by atoms with Gasteiger partial charge in [0.25, 0.3) is 5.91 Å². The Morgan fingerprint density at radius 3 is 2.70 bits per heavy atom. The normalized spacial score (nSPS) is 10.3. The second kappa shape index (κ2) is 6.54. The van der Waals surface area contributed by atoms with Crippen LogP contribution in [-0.2, 0) is 6.54 Å². The van der Waals surface area contributed by atoms with Crippen LogP contribution in [0.5, 0.6) is 0 Å². The molecule has 3 nitrogen and oxygen atoms in total. The van der Waals surface area contributed by atoms with Gasteiger partial charge in [0, 0.05) is 12.1 Å². The zero-order chi connectivity index (χ0) is 14.7. The zero-order valence-corrected chi connectivity index (χ0v) is 13.3. The van der Waals surface area contributed by atoms with Gasteiger partial charge < -0.3 is 11.1 Å². The Morgan fingerprint density at radius 2 is 2.10 bits per heavy atom. The lowest BCUT2D eigenvalue weighted by molar-refractivity contribution is 0.0951. The Hall–Kier alpha value is -1.14. The molecule has 0 aliphatic carbocycles. The molecule has 0 unspecified atom stereocenters. The molecule has 104 valence electrons. The summed E-state index contributed by atoms with van der Waals surface area (Å²) in [6, 6.07) is 8.93. The zero-order valence-electron chi connectivity index (χ0n) is 10.2. The van der Waals surface area contributed by atoms with Gasteiger partial charge in [0.1, 0.15) is 9.32 Å². The fourth-order valence-electron chi connectivity index (χ4n) is 1.61. The van der Waals surface area contributed by atoms with Crippen LogP contribution in [0.4, 0.5) is 0 Å². The summed E-state index contributed by atoms with van der Waals surface area (Å²) in [7, 11) is 0. The molecule has 0 radical (unpaired) electrons. The molecule has 20 heavy (non-hydrogen) atoms. The summed E-state index contributed by atoms with van der Waals surface area (Å²) in [5.41, 5.74) is 7.62. The Kier molecular flexibility index (Phi) is 4.99. The topological polar surface area (TPSA) is 55.1 Å². The number of hydrogen-bond donors (Lipinski definition) is 2. The van der Waals surface area contributed by atoms with Crippen LogP contribution in [0.1, 0.15) is 21.5 Å². The van der Waals surface area contributed by atoms with Crippen molar-refractivity contribution in [1.82, 2.24) is 5.32 Å². The number of carbonyl (C=O) groups excluding carboxylic acids is 1. The molecule has 1 aromatic heterocycles. The van der Waals surface area contributed by atoms with E-state index in [1.807, 2.05) is 24.3 Å². The van der Waals surface area contributed by atoms with Crippen molar-refractivity contribution in [3.8, 4) is 0 Å². The quantitative estimate of drug-likeness (QED) is 0.832. The van der Waals surface area contributed by atoms with Crippen molar-refractivity contribution >= 4 is 57.7 Å². The summed E-state index contributed by atoms with van der Waals surface area (Å²) in [4.78, 5) is 12.3. The third-order valence-electron chi connectivity index (χ3n) is 2.57. The van der Waals surface area contributed by atoms with Gasteiger partial charge in [-0.15, -0.1) is 11.3 Å². The van der Waals surface area contributed by atoms with E-state index in [1.54, 1.807) is 6.07 Å². The Morgan fingerprint density at radius 1 is 1.35 bits per heavy atom. The van der Waals surface area contributed by atoms with Gasteiger partial charge in [0.15, 0.2) is 0 Å². The Labute approximate surface area is 135 Å². The highest BCUT2D eigenvalue weighted by Crippen LogP contribution is 2.30. The summed E-state index contributed by atoms with van der Waals surface area (Å²) in [5.74, 6) is -0.265. The molecule has 0 atom stereocenters. The molecule has 0 aliphatic heterocycles. The van der Waals surface area contributed by atoms with Gasteiger partial charge in [-0.25, -0.2) is 0 Å². The number of rotatable bonds is 4. The fourth-order valence-corrected chi connectivity index (χ4v) is 3.19. The van der Waals surface area contributed by atoms with Crippen LogP contribution < -0.4 is 11.1 Å². The molecule has 1 amide bonds. The minimum atomic E-state index is -0.265. The average Bonchev–Trinajstić information content (AvgIpc) is 2.75. The lowest BCUT2D eigenvalue weighted by Crippen LogP contribution is -2.22. The van der Waals surface area contributed by atoms with Gasteiger partial charge in [-0.05, 0) is 17.7 Å². The molecule has 7 heteroatoms. The minimum Gasteiger partial charge on any atom is -0.389 e. The third-order valence-corrected chi connectivity index (χ3v) is 4.29. The van der Waals surface area contributed by atoms with E-state index in [0.29, 0.717) is 25.8 Å². The van der Waals surface area contributed by atoms with Crippen molar-refractivity contribution in [3.63, 3.8) is 0 Å². The number of thiocarbonyl (C=S) groups is 1. The second-order valence-electron chi connectivity index (χ2n) is 3.99. The summed E-state index contributed by atoms with van der Waals surface area (Å²) < 4.78 is 0.861. The van der Waals surface area contributed by atoms with Crippen LogP contribution in [0.25, 0.3) is 0 Å². The van der Waals surface area contributed by atoms with Crippen molar-refractivity contribution in [2.75, 3.05) is 0 Å². The maximum Gasteiger partial charge on any atom is 0.253 e. The molecule has 1 heterocycles. The SMILES string of the molecule is NC(=S)c1cccc(CNC(=O)c2cc(Cl)sc2Cl)c1. The van der Waals surface area contributed by atoms with Crippen molar-refractivity contribution in [1.29, 1.82) is 0 Å². The van der Waals surface area contributed by atoms with Crippen molar-refractivity contribution < 1.29 is 4.79 Å². The van der Waals surface area contributed by atoms with Gasteiger partial charge in [-0.1, -0.05) is 53.6 Å². The molecule has 2 aromatic rings. The van der Waals surface area contributed by atoms with E-state index >= 15 is 0 Å². The van der Waals surface area contributed by atoms with Crippen LogP contribution in [0, 0.1) is 0 Å². The maximum atomic E-state index is 12.0. The van der Waals surface area contributed by atoms with Crippen molar-refractivity contribution in [2.24, 2.45) is 5.73 Å². The monoisotopic (exact) mass is 344 g/mol. The van der Waals surface area contributed by atoms with E-state index in [2.05, 4.69) is 5.32 Å². The number of nitrogens with two attached hydrogens (primary N) is 1. The first-order valence-electron chi connectivity index (χ1n) is 5.59. The van der Waals surface area contributed by atoms with Crippen LogP contribution in [-0.4, -0.2) is 10.9 Å². The Balaban J connectivity index is 2.05. The number of thiophene rings is 1. The van der Waals surface area contributed by atoms with Crippen molar-refractivity contribution in [2.45, 2.75) is 6.54 Å². The summed E-state index contributed by atoms with van der Waals surface area (Å²) in [6.07, 6.45) is 0. The van der Waals surface area contributed by atoms with Gasteiger partial charge in [0.05, 0.1) is 9.90 Å². The fraction of sp³-hybridized carbons (Fsp3) is 0.0769. The number of amides is 1. The maximum absolute atomic E-state index is 12.0. The number of halogens is 2. The molecular weight excluding hydrogens is 335 g/mol. The molecular formula is C13H10Cl2N2OS2. The second-order valence-corrected chi connectivity index (χ2v) is 6.71. The molecule has 3 N–H and O–H groups in total.